The van der Waals surface area contributed by atoms with E-state index in [1.165, 1.54) is 0 Å². The quantitative estimate of drug-likeness (QED) is 0.705. The second-order valence-corrected chi connectivity index (χ2v) is 4.93. The SMILES string of the molecule is Cc1ccc2c(n1)NC1COCC1(C)C(=O)N2. The van der Waals surface area contributed by atoms with Crippen molar-refractivity contribution in [3.8, 4) is 0 Å². The fourth-order valence-electron chi connectivity index (χ4n) is 2.30. The third-order valence-electron chi connectivity index (χ3n) is 3.57. The highest BCUT2D eigenvalue weighted by Crippen LogP contribution is 2.36. The molecule has 0 radical (unpaired) electrons. The van der Waals surface area contributed by atoms with Gasteiger partial charge in [0.25, 0.3) is 0 Å². The number of nitrogens with zero attached hydrogens (tertiary/aromatic N) is 1. The number of fused-ring (bicyclic) bond motifs is 2. The van der Waals surface area contributed by atoms with E-state index in [0.717, 1.165) is 17.2 Å². The van der Waals surface area contributed by atoms with E-state index in [1.54, 1.807) is 0 Å². The summed E-state index contributed by atoms with van der Waals surface area (Å²) in [5, 5.41) is 6.23. The minimum Gasteiger partial charge on any atom is -0.378 e. The Hall–Kier alpha value is -1.62. The van der Waals surface area contributed by atoms with Crippen LogP contribution in [0.25, 0.3) is 0 Å². The highest BCUT2D eigenvalue weighted by Gasteiger charge is 2.48. The Labute approximate surface area is 99.6 Å². The maximum Gasteiger partial charge on any atom is 0.234 e. The van der Waals surface area contributed by atoms with Gasteiger partial charge in [0.1, 0.15) is 5.82 Å². The van der Waals surface area contributed by atoms with Crippen LogP contribution in [0.1, 0.15) is 12.6 Å². The van der Waals surface area contributed by atoms with Crippen molar-refractivity contribution in [3.05, 3.63) is 17.8 Å². The Balaban J connectivity index is 2.06. The van der Waals surface area contributed by atoms with Gasteiger partial charge in [0.05, 0.1) is 30.4 Å². The lowest BCUT2D eigenvalue weighted by atomic mass is 9.84. The average molecular weight is 233 g/mol. The van der Waals surface area contributed by atoms with Crippen LogP contribution in [0.3, 0.4) is 0 Å². The van der Waals surface area contributed by atoms with Gasteiger partial charge in [0.2, 0.25) is 5.91 Å². The number of nitrogens with one attached hydrogen (secondary N) is 2. The van der Waals surface area contributed by atoms with Gasteiger partial charge >= 0.3 is 0 Å². The molecule has 2 N–H and O–H groups in total. The van der Waals surface area contributed by atoms with Crippen molar-refractivity contribution in [2.75, 3.05) is 23.8 Å². The summed E-state index contributed by atoms with van der Waals surface area (Å²) < 4.78 is 5.41. The van der Waals surface area contributed by atoms with Gasteiger partial charge < -0.3 is 15.4 Å². The molecular weight excluding hydrogens is 218 g/mol. The van der Waals surface area contributed by atoms with Crippen LogP contribution < -0.4 is 10.6 Å². The molecule has 0 aliphatic carbocycles. The number of carbonyl (C=O) groups excluding carboxylic acids is 1. The van der Waals surface area contributed by atoms with Crippen molar-refractivity contribution in [1.29, 1.82) is 0 Å². The van der Waals surface area contributed by atoms with Crippen LogP contribution in [-0.4, -0.2) is 30.1 Å². The Morgan fingerprint density at radius 3 is 3.18 bits per heavy atom. The lowest BCUT2D eigenvalue weighted by Crippen LogP contribution is -2.44. The first-order valence-electron chi connectivity index (χ1n) is 5.73. The maximum atomic E-state index is 12.2. The molecule has 0 bridgehead atoms. The Morgan fingerprint density at radius 2 is 2.35 bits per heavy atom. The van der Waals surface area contributed by atoms with Crippen LogP contribution in [-0.2, 0) is 9.53 Å². The molecule has 1 aromatic rings. The van der Waals surface area contributed by atoms with Gasteiger partial charge in [-0.15, -0.1) is 0 Å². The van der Waals surface area contributed by atoms with Crippen LogP contribution in [0.5, 0.6) is 0 Å². The molecule has 1 saturated heterocycles. The molecule has 2 atom stereocenters. The topological polar surface area (TPSA) is 63.3 Å². The summed E-state index contributed by atoms with van der Waals surface area (Å²) >= 11 is 0. The lowest BCUT2D eigenvalue weighted by Gasteiger charge is -2.25. The Kier molecular flexibility index (Phi) is 2.13. The molecule has 3 heterocycles. The van der Waals surface area contributed by atoms with Gasteiger partial charge in [-0.3, -0.25) is 4.79 Å². The summed E-state index contributed by atoms with van der Waals surface area (Å²) in [5.74, 6) is 0.731. The first-order chi connectivity index (χ1) is 8.09. The molecule has 5 heteroatoms. The van der Waals surface area contributed by atoms with Crippen LogP contribution in [0.15, 0.2) is 12.1 Å². The zero-order chi connectivity index (χ0) is 12.0. The number of ether oxygens (including phenoxy) is 1. The summed E-state index contributed by atoms with van der Waals surface area (Å²) in [7, 11) is 0. The summed E-state index contributed by atoms with van der Waals surface area (Å²) in [6.45, 7) is 4.84. The average Bonchev–Trinajstić information content (AvgIpc) is 2.61. The number of rotatable bonds is 0. The Morgan fingerprint density at radius 1 is 1.53 bits per heavy atom. The minimum atomic E-state index is -0.519. The predicted octanol–water partition coefficient (Wildman–Crippen LogP) is 1.16. The number of aromatic nitrogens is 1. The first kappa shape index (κ1) is 10.5. The molecular formula is C12H15N3O2. The summed E-state index contributed by atoms with van der Waals surface area (Å²) in [6, 6.07) is 3.76. The number of hydrogen-bond donors (Lipinski definition) is 2. The smallest absolute Gasteiger partial charge is 0.234 e. The standard InChI is InChI=1S/C12H15N3O2/c1-7-3-4-8-10(13-7)15-9-5-17-6-12(9,2)11(16)14-8/h3-4,9H,5-6H2,1-2H3,(H,13,15)(H,14,16). The Bertz CT molecular complexity index is 489. The van der Waals surface area contributed by atoms with E-state index in [1.807, 2.05) is 26.0 Å². The molecule has 3 rings (SSSR count). The van der Waals surface area contributed by atoms with E-state index in [0.29, 0.717) is 13.2 Å². The lowest BCUT2D eigenvalue weighted by molar-refractivity contribution is -0.124. The van der Waals surface area contributed by atoms with Crippen molar-refractivity contribution in [1.82, 2.24) is 4.98 Å². The largest absolute Gasteiger partial charge is 0.378 e. The zero-order valence-electron chi connectivity index (χ0n) is 9.91. The van der Waals surface area contributed by atoms with E-state index in [4.69, 9.17) is 4.74 Å². The number of carbonyl (C=O) groups is 1. The van der Waals surface area contributed by atoms with Crippen LogP contribution in [0.2, 0.25) is 0 Å². The number of hydrogen-bond acceptors (Lipinski definition) is 4. The van der Waals surface area contributed by atoms with E-state index in [-0.39, 0.29) is 11.9 Å². The van der Waals surface area contributed by atoms with Crippen LogP contribution in [0, 0.1) is 12.3 Å². The second-order valence-electron chi connectivity index (χ2n) is 4.93. The molecule has 17 heavy (non-hydrogen) atoms. The van der Waals surface area contributed by atoms with Crippen molar-refractivity contribution < 1.29 is 9.53 Å². The molecule has 0 spiro atoms. The van der Waals surface area contributed by atoms with Crippen molar-refractivity contribution in [2.24, 2.45) is 5.41 Å². The molecule has 0 saturated carbocycles. The summed E-state index contributed by atoms with van der Waals surface area (Å²) in [5.41, 5.74) is 1.15. The molecule has 1 fully saturated rings. The number of aryl methyl sites for hydroxylation is 1. The van der Waals surface area contributed by atoms with Crippen LogP contribution >= 0.6 is 0 Å². The molecule has 90 valence electrons. The van der Waals surface area contributed by atoms with E-state index >= 15 is 0 Å². The fourth-order valence-corrected chi connectivity index (χ4v) is 2.30. The van der Waals surface area contributed by atoms with Crippen molar-refractivity contribution in [3.63, 3.8) is 0 Å². The van der Waals surface area contributed by atoms with Gasteiger partial charge in [0.15, 0.2) is 0 Å². The van der Waals surface area contributed by atoms with Gasteiger partial charge in [-0.1, -0.05) is 0 Å². The highest BCUT2D eigenvalue weighted by atomic mass is 16.5. The first-order valence-corrected chi connectivity index (χ1v) is 5.73. The third-order valence-corrected chi connectivity index (χ3v) is 3.57. The monoisotopic (exact) mass is 233 g/mol. The molecule has 0 aromatic carbocycles. The summed E-state index contributed by atoms with van der Waals surface area (Å²) in [6.07, 6.45) is 0. The number of anilines is 2. The molecule has 1 amide bonds. The third kappa shape index (κ3) is 1.50. The fraction of sp³-hybridized carbons (Fsp3) is 0.500. The maximum absolute atomic E-state index is 12.2. The molecule has 2 aliphatic heterocycles. The minimum absolute atomic E-state index is 0.00287. The van der Waals surface area contributed by atoms with Crippen molar-refractivity contribution in [2.45, 2.75) is 19.9 Å². The summed E-state index contributed by atoms with van der Waals surface area (Å²) in [4.78, 5) is 16.6. The number of amides is 1. The van der Waals surface area contributed by atoms with Gasteiger partial charge in [-0.05, 0) is 26.0 Å². The van der Waals surface area contributed by atoms with Crippen LogP contribution in [0.4, 0.5) is 11.5 Å². The molecule has 2 unspecified atom stereocenters. The predicted molar refractivity (Wildman–Crippen MR) is 63.9 cm³/mol. The normalized spacial score (nSPS) is 30.9. The molecule has 5 nitrogen and oxygen atoms in total. The van der Waals surface area contributed by atoms with Gasteiger partial charge in [-0.2, -0.15) is 0 Å². The molecule has 1 aromatic heterocycles. The molecule has 2 aliphatic rings. The van der Waals surface area contributed by atoms with E-state index in [2.05, 4.69) is 15.6 Å². The zero-order valence-corrected chi connectivity index (χ0v) is 9.91. The van der Waals surface area contributed by atoms with Crippen molar-refractivity contribution >= 4 is 17.4 Å². The highest BCUT2D eigenvalue weighted by molar-refractivity contribution is 5.99. The van der Waals surface area contributed by atoms with E-state index in [9.17, 15) is 4.79 Å². The number of pyridine rings is 1. The van der Waals surface area contributed by atoms with E-state index < -0.39 is 5.41 Å². The second kappa shape index (κ2) is 3.43. The van der Waals surface area contributed by atoms with Gasteiger partial charge in [0, 0.05) is 5.69 Å². The van der Waals surface area contributed by atoms with Gasteiger partial charge in [-0.25, -0.2) is 4.98 Å².